The number of aromatic amines is 1. The normalized spacial score (nSPS) is 11.4. The summed E-state index contributed by atoms with van der Waals surface area (Å²) < 4.78 is 12.8. The standard InChI is InChI=1S/C25H28N6O4/c1-25(2,3)35-24(33)30(4)14-15-31-21-19(22(26)27-28-23(21)32)20(29-31)16-10-12-18(13-11-16)34-17-8-6-5-7-9-17/h5-13H,14-15H2,1-4H3,(H2,26,27)(H,28,32). The highest BCUT2D eigenvalue weighted by Gasteiger charge is 2.22. The molecule has 1 amide bonds. The fourth-order valence-electron chi connectivity index (χ4n) is 3.50. The molecule has 2 aromatic heterocycles. The minimum Gasteiger partial charge on any atom is -0.457 e. The van der Waals surface area contributed by atoms with Gasteiger partial charge in [-0.25, -0.2) is 9.89 Å². The molecule has 0 aliphatic carbocycles. The lowest BCUT2D eigenvalue weighted by Gasteiger charge is -2.24. The Hall–Kier alpha value is -4.34. The van der Waals surface area contributed by atoms with Gasteiger partial charge in [-0.3, -0.25) is 9.48 Å². The zero-order chi connectivity index (χ0) is 25.2. The second kappa shape index (κ2) is 9.49. The van der Waals surface area contributed by atoms with E-state index in [1.165, 1.54) is 9.58 Å². The van der Waals surface area contributed by atoms with Gasteiger partial charge >= 0.3 is 6.09 Å². The second-order valence-electron chi connectivity index (χ2n) is 9.07. The van der Waals surface area contributed by atoms with E-state index in [1.54, 1.807) is 27.8 Å². The summed E-state index contributed by atoms with van der Waals surface area (Å²) in [5.74, 6) is 1.54. The number of likely N-dealkylation sites (N-methyl/N-ethyl adjacent to an activating group) is 1. The fourth-order valence-corrected chi connectivity index (χ4v) is 3.50. The Morgan fingerprint density at radius 2 is 1.74 bits per heavy atom. The topological polar surface area (TPSA) is 128 Å². The molecule has 0 aliphatic rings. The number of hydrogen-bond acceptors (Lipinski definition) is 7. The molecule has 182 valence electrons. The lowest BCUT2D eigenvalue weighted by Crippen LogP contribution is -2.36. The van der Waals surface area contributed by atoms with Gasteiger partial charge in [0.25, 0.3) is 5.56 Å². The molecule has 0 unspecified atom stereocenters. The van der Waals surface area contributed by atoms with E-state index >= 15 is 0 Å². The highest BCUT2D eigenvalue weighted by molar-refractivity contribution is 5.99. The number of nitrogen functional groups attached to an aromatic ring is 1. The van der Waals surface area contributed by atoms with Crippen LogP contribution in [0.25, 0.3) is 22.2 Å². The van der Waals surface area contributed by atoms with Crippen LogP contribution in [0.3, 0.4) is 0 Å². The summed E-state index contributed by atoms with van der Waals surface area (Å²) in [7, 11) is 1.63. The first kappa shape index (κ1) is 23.8. The average molecular weight is 477 g/mol. The Bertz CT molecular complexity index is 1390. The van der Waals surface area contributed by atoms with Crippen LogP contribution in [0.5, 0.6) is 11.5 Å². The number of H-pyrrole nitrogens is 1. The van der Waals surface area contributed by atoms with Crippen molar-refractivity contribution in [3.63, 3.8) is 0 Å². The van der Waals surface area contributed by atoms with Crippen molar-refractivity contribution >= 4 is 22.8 Å². The maximum Gasteiger partial charge on any atom is 0.410 e. The molecule has 0 fully saturated rings. The van der Waals surface area contributed by atoms with E-state index in [4.69, 9.17) is 15.2 Å². The van der Waals surface area contributed by atoms with Gasteiger partial charge in [-0.05, 0) is 57.2 Å². The van der Waals surface area contributed by atoms with Crippen molar-refractivity contribution in [1.29, 1.82) is 0 Å². The van der Waals surface area contributed by atoms with Crippen molar-refractivity contribution in [2.45, 2.75) is 32.9 Å². The van der Waals surface area contributed by atoms with Crippen molar-refractivity contribution in [3.8, 4) is 22.8 Å². The number of anilines is 1. The molecule has 35 heavy (non-hydrogen) atoms. The molecule has 0 aliphatic heterocycles. The predicted molar refractivity (Wildman–Crippen MR) is 133 cm³/mol. The molecular weight excluding hydrogens is 448 g/mol. The van der Waals surface area contributed by atoms with E-state index in [1.807, 2.05) is 54.6 Å². The maximum atomic E-state index is 12.7. The Balaban J connectivity index is 1.62. The van der Waals surface area contributed by atoms with Crippen LogP contribution in [-0.2, 0) is 11.3 Å². The van der Waals surface area contributed by atoms with Crippen LogP contribution in [-0.4, -0.2) is 50.2 Å². The number of para-hydroxylation sites is 1. The minimum atomic E-state index is -0.607. The first-order valence-electron chi connectivity index (χ1n) is 11.1. The van der Waals surface area contributed by atoms with Gasteiger partial charge in [0.1, 0.15) is 28.3 Å². The van der Waals surface area contributed by atoms with E-state index in [-0.39, 0.29) is 24.4 Å². The van der Waals surface area contributed by atoms with Gasteiger partial charge in [-0.15, -0.1) is 0 Å². The Morgan fingerprint density at radius 3 is 2.40 bits per heavy atom. The number of amides is 1. The molecule has 10 heteroatoms. The van der Waals surface area contributed by atoms with E-state index in [2.05, 4.69) is 15.3 Å². The number of hydrogen-bond donors (Lipinski definition) is 2. The largest absolute Gasteiger partial charge is 0.457 e. The molecule has 2 aromatic carbocycles. The number of nitrogens with one attached hydrogen (secondary N) is 1. The molecule has 10 nitrogen and oxygen atoms in total. The van der Waals surface area contributed by atoms with Crippen molar-refractivity contribution in [2.24, 2.45) is 0 Å². The fraction of sp³-hybridized carbons (Fsp3) is 0.280. The summed E-state index contributed by atoms with van der Waals surface area (Å²) in [4.78, 5) is 26.4. The van der Waals surface area contributed by atoms with Crippen LogP contribution in [0.15, 0.2) is 59.4 Å². The number of aromatic nitrogens is 4. The summed E-state index contributed by atoms with van der Waals surface area (Å²) in [6.45, 7) is 5.94. The van der Waals surface area contributed by atoms with Crippen LogP contribution >= 0.6 is 0 Å². The van der Waals surface area contributed by atoms with Crippen LogP contribution in [0.2, 0.25) is 0 Å². The highest BCUT2D eigenvalue weighted by Crippen LogP contribution is 2.31. The van der Waals surface area contributed by atoms with Crippen LogP contribution < -0.4 is 16.0 Å². The summed E-state index contributed by atoms with van der Waals surface area (Å²) in [5.41, 5.74) is 6.66. The summed E-state index contributed by atoms with van der Waals surface area (Å²) in [6.07, 6.45) is -0.460. The third-order valence-corrected chi connectivity index (χ3v) is 5.16. The monoisotopic (exact) mass is 476 g/mol. The molecule has 0 saturated carbocycles. The number of ether oxygens (including phenoxy) is 2. The Kier molecular flexibility index (Phi) is 6.46. The second-order valence-corrected chi connectivity index (χ2v) is 9.07. The summed E-state index contributed by atoms with van der Waals surface area (Å²) in [5, 5.41) is 11.4. The lowest BCUT2D eigenvalue weighted by molar-refractivity contribution is 0.0292. The van der Waals surface area contributed by atoms with Gasteiger partial charge in [-0.2, -0.15) is 10.2 Å². The molecule has 0 atom stereocenters. The molecule has 4 rings (SSSR count). The van der Waals surface area contributed by atoms with Gasteiger partial charge in [0.15, 0.2) is 5.82 Å². The van der Waals surface area contributed by atoms with Crippen LogP contribution in [0.4, 0.5) is 10.6 Å². The molecule has 4 aromatic rings. The van der Waals surface area contributed by atoms with Gasteiger partial charge in [0, 0.05) is 19.2 Å². The molecule has 2 heterocycles. The van der Waals surface area contributed by atoms with E-state index in [0.717, 1.165) is 11.3 Å². The van der Waals surface area contributed by atoms with E-state index < -0.39 is 17.3 Å². The number of nitrogens with two attached hydrogens (primary N) is 1. The van der Waals surface area contributed by atoms with Crippen LogP contribution in [0, 0.1) is 0 Å². The van der Waals surface area contributed by atoms with Gasteiger partial charge in [0.2, 0.25) is 0 Å². The first-order valence-corrected chi connectivity index (χ1v) is 11.1. The minimum absolute atomic E-state index is 0.158. The van der Waals surface area contributed by atoms with Crippen molar-refractivity contribution in [1.82, 2.24) is 24.9 Å². The highest BCUT2D eigenvalue weighted by atomic mass is 16.6. The summed E-state index contributed by atoms with van der Waals surface area (Å²) >= 11 is 0. The Labute approximate surface area is 202 Å². The van der Waals surface area contributed by atoms with Crippen molar-refractivity contribution in [3.05, 3.63) is 65.0 Å². The zero-order valence-electron chi connectivity index (χ0n) is 20.1. The van der Waals surface area contributed by atoms with Gasteiger partial charge in [-0.1, -0.05) is 18.2 Å². The maximum absolute atomic E-state index is 12.7. The SMILES string of the molecule is CN(CCn1nc(-c2ccc(Oc3ccccc3)cc2)c2c(N)n[nH]c(=O)c21)C(=O)OC(C)(C)C. The van der Waals surface area contributed by atoms with Crippen molar-refractivity contribution < 1.29 is 14.3 Å². The molecule has 0 saturated heterocycles. The number of benzene rings is 2. The predicted octanol–water partition coefficient (Wildman–Crippen LogP) is 4.03. The van der Waals surface area contributed by atoms with Crippen LogP contribution in [0.1, 0.15) is 20.8 Å². The van der Waals surface area contributed by atoms with E-state index in [0.29, 0.717) is 16.8 Å². The van der Waals surface area contributed by atoms with E-state index in [9.17, 15) is 9.59 Å². The van der Waals surface area contributed by atoms with Gasteiger partial charge in [0.05, 0.1) is 11.9 Å². The number of nitrogens with zero attached hydrogens (tertiary/aromatic N) is 4. The average Bonchev–Trinajstić information content (AvgIpc) is 3.21. The molecule has 0 spiro atoms. The zero-order valence-corrected chi connectivity index (χ0v) is 20.1. The molecule has 0 radical (unpaired) electrons. The first-order chi connectivity index (χ1) is 16.6. The third kappa shape index (κ3) is 5.43. The van der Waals surface area contributed by atoms with Crippen molar-refractivity contribution in [2.75, 3.05) is 19.3 Å². The smallest absolute Gasteiger partial charge is 0.410 e. The lowest BCUT2D eigenvalue weighted by atomic mass is 10.1. The third-order valence-electron chi connectivity index (χ3n) is 5.16. The summed E-state index contributed by atoms with van der Waals surface area (Å²) in [6, 6.07) is 16.8. The molecule has 0 bridgehead atoms. The van der Waals surface area contributed by atoms with Gasteiger partial charge < -0.3 is 20.1 Å². The number of carbonyl (C=O) groups excluding carboxylic acids is 1. The Morgan fingerprint density at radius 1 is 1.09 bits per heavy atom. The number of carbonyl (C=O) groups is 1. The number of rotatable bonds is 6. The molecular formula is C25H28N6O4. The number of fused-ring (bicyclic) bond motifs is 1. The molecule has 3 N–H and O–H groups in total. The quantitative estimate of drug-likeness (QED) is 0.430.